The quantitative estimate of drug-likeness (QED) is 0.0462. The van der Waals surface area contributed by atoms with Gasteiger partial charge in [0.2, 0.25) is 5.79 Å². The predicted molar refractivity (Wildman–Crippen MR) is 127 cm³/mol. The van der Waals surface area contributed by atoms with Crippen LogP contribution in [-0.4, -0.2) is 126 Å². The van der Waals surface area contributed by atoms with E-state index in [-0.39, 0.29) is 59.1 Å². The molecule has 0 bridgehead atoms. The minimum absolute atomic E-state index is 0. The minimum Gasteiger partial charge on any atom is -0.862 e. The maximum absolute atomic E-state index is 12.5. The largest absolute Gasteiger partial charge is 1.00 e. The van der Waals surface area contributed by atoms with Crippen molar-refractivity contribution in [2.24, 2.45) is 4.99 Å². The van der Waals surface area contributed by atoms with Crippen LogP contribution >= 0.6 is 15.6 Å². The number of aromatic nitrogens is 2. The maximum Gasteiger partial charge on any atom is 1.00 e. The molecule has 1 aromatic rings. The number of ether oxygens (including phenoxy) is 3. The van der Waals surface area contributed by atoms with Crippen molar-refractivity contribution in [3.8, 4) is 5.88 Å². The van der Waals surface area contributed by atoms with E-state index in [9.17, 15) is 59.5 Å². The first-order valence-electron chi connectivity index (χ1n) is 11.8. The Morgan fingerprint density at radius 2 is 1.68 bits per heavy atom. The Balaban J connectivity index is 0.00000484. The van der Waals surface area contributed by atoms with Crippen molar-refractivity contribution < 1.29 is 141 Å². The summed E-state index contributed by atoms with van der Waals surface area (Å²) < 4.78 is 54.8. The van der Waals surface area contributed by atoms with Crippen molar-refractivity contribution in [1.82, 2.24) is 9.55 Å². The molecule has 11 atom stereocenters. The van der Waals surface area contributed by atoms with Crippen molar-refractivity contribution in [2.75, 3.05) is 26.9 Å². The average Bonchev–Trinajstić information content (AvgIpc) is 3.18. The molecule has 0 amide bonds. The zero-order chi connectivity index (χ0) is 31.6. The normalized spacial score (nSPS) is 35.2. The summed E-state index contributed by atoms with van der Waals surface area (Å²) in [6.45, 7) is -2.18. The molecule has 21 nitrogen and oxygen atoms in total. The smallest absolute Gasteiger partial charge is 0.862 e. The van der Waals surface area contributed by atoms with E-state index in [1.807, 2.05) is 0 Å². The van der Waals surface area contributed by atoms with E-state index in [1.54, 1.807) is 0 Å². The fourth-order valence-electron chi connectivity index (χ4n) is 4.13. The fraction of sp³-hybridized carbons (Fsp3) is 0.737. The second-order valence-electron chi connectivity index (χ2n) is 9.02. The van der Waals surface area contributed by atoms with Gasteiger partial charge in [0.25, 0.3) is 0 Å². The van der Waals surface area contributed by atoms with Gasteiger partial charge in [-0.3, -0.25) is 18.6 Å². The van der Waals surface area contributed by atoms with E-state index in [0.717, 1.165) is 26.3 Å². The van der Waals surface area contributed by atoms with E-state index < -0.39 is 108 Å². The Kier molecular flexibility index (Phi) is 16.2. The van der Waals surface area contributed by atoms with Crippen LogP contribution in [0.2, 0.25) is 0 Å². The van der Waals surface area contributed by atoms with Gasteiger partial charge < -0.3 is 59.7 Å². The van der Waals surface area contributed by atoms with Crippen LogP contribution in [0.1, 0.15) is 13.2 Å². The molecule has 240 valence electrons. The van der Waals surface area contributed by atoms with Gasteiger partial charge in [0.05, 0.1) is 13.2 Å². The first-order valence-corrected chi connectivity index (χ1v) is 14.8. The van der Waals surface area contributed by atoms with Gasteiger partial charge in [0, 0.05) is 13.3 Å². The summed E-state index contributed by atoms with van der Waals surface area (Å²) >= 11 is 0. The molecule has 0 aliphatic carbocycles. The van der Waals surface area contributed by atoms with Crippen LogP contribution in [-0.2, 0) is 36.7 Å². The number of hydrogen-bond donors (Lipinski definition) is 7. The fourth-order valence-corrected chi connectivity index (χ4v) is 6.23. The van der Waals surface area contributed by atoms with Gasteiger partial charge >= 0.3 is 80.4 Å². The first kappa shape index (κ1) is 42.1. The molecule has 0 aromatic carbocycles. The molecule has 2 aliphatic heterocycles. The van der Waals surface area contributed by atoms with E-state index in [0.29, 0.717) is 4.57 Å². The monoisotopic (exact) mass is 695 g/mol. The molecule has 2 unspecified atom stereocenters. The standard InChI is InChI=1S/C19H31N3O18P2.2Na/c1-8(24)20-16-14(28)12(26)9(5-23)39-19(16,35-2)7-37-42(33,34)40-41(31,32)36-6-10-13(27)15(29)17(38-10)22-4-3-11(25)21-18(22)30;;/h3-4,9-10,12-17,23,26-29H,5-7H2,1-2H3,(H,20,24)(H,31,32)(H,33,34)(H,21,25,30);;/q;2*+1/p-2/t9-,10-,12-,13-,14+,15-,16+,17-,19+;;/m1../s1. The number of aliphatic hydroxyl groups is 5. The predicted octanol–water partition coefficient (Wildman–Crippen LogP) is -11.2. The number of phosphoric ester groups is 2. The van der Waals surface area contributed by atoms with Crippen LogP contribution in [0.5, 0.6) is 5.88 Å². The molecule has 0 spiro atoms. The van der Waals surface area contributed by atoms with Crippen LogP contribution in [0.25, 0.3) is 0 Å². The van der Waals surface area contributed by atoms with E-state index in [2.05, 4.69) is 23.3 Å². The van der Waals surface area contributed by atoms with Crippen LogP contribution < -0.4 is 75.0 Å². The summed E-state index contributed by atoms with van der Waals surface area (Å²) in [5, 5.41) is 73.2. The zero-order valence-electron chi connectivity index (χ0n) is 23.8. The summed E-state index contributed by atoms with van der Waals surface area (Å²) in [7, 11) is -10.2. The molecule has 2 saturated heterocycles. The molecule has 0 radical (unpaired) electrons. The molecule has 7 N–H and O–H groups in total. The van der Waals surface area contributed by atoms with E-state index in [4.69, 9.17) is 14.2 Å². The molecule has 1 aromatic heterocycles. The third-order valence-electron chi connectivity index (χ3n) is 6.16. The van der Waals surface area contributed by atoms with Gasteiger partial charge in [-0.15, -0.1) is 0 Å². The Bertz CT molecular complexity index is 1290. The minimum atomic E-state index is -5.59. The molecule has 2 aliphatic rings. The summed E-state index contributed by atoms with van der Waals surface area (Å²) in [5.74, 6) is -4.16. The van der Waals surface area contributed by atoms with Crippen molar-refractivity contribution in [1.29, 1.82) is 0 Å². The number of rotatable bonds is 12. The third-order valence-corrected chi connectivity index (χ3v) is 8.74. The van der Waals surface area contributed by atoms with Crippen molar-refractivity contribution in [3.05, 3.63) is 22.7 Å². The van der Waals surface area contributed by atoms with Crippen molar-refractivity contribution in [2.45, 2.75) is 61.6 Å². The Hall–Kier alpha value is 0.0900. The number of phosphoric acid groups is 2. The molecular formula is C19H29N3Na2O18P2. The maximum atomic E-state index is 12.5. The number of nitrogens with zero attached hydrogens (tertiary/aromatic N) is 3. The molecule has 25 heteroatoms. The number of aliphatic imine (C=N–C) groups is 1. The molecule has 44 heavy (non-hydrogen) atoms. The van der Waals surface area contributed by atoms with Gasteiger partial charge in [-0.1, -0.05) is 0 Å². The van der Waals surface area contributed by atoms with Crippen LogP contribution in [0.4, 0.5) is 0 Å². The summed E-state index contributed by atoms with van der Waals surface area (Å²) in [5.41, 5.74) is -1.13. The van der Waals surface area contributed by atoms with E-state index >= 15 is 0 Å². The number of methoxy groups -OCH3 is 1. The second kappa shape index (κ2) is 17.0. The van der Waals surface area contributed by atoms with Gasteiger partial charge in [0.1, 0.15) is 49.3 Å². The number of hydrogen-bond acceptors (Lipinski definition) is 18. The van der Waals surface area contributed by atoms with Gasteiger partial charge in [0.15, 0.2) is 6.23 Å². The summed E-state index contributed by atoms with van der Waals surface area (Å²) in [6, 6.07) is -0.903. The SMILES string of the molecule is CO[C@@]1(COP(=O)(O)OP(=O)(O)OC[C@H]2O[C@@H](n3ccc([O-])nc3=O)[C@H](O)[C@@H]2O)O[C@H](CO)[C@@H](O)[C@H](O)[C@@H]1N=C(C)[O-].[Na+].[Na+]. The van der Waals surface area contributed by atoms with Crippen molar-refractivity contribution >= 4 is 21.5 Å². The topological polar surface area (TPSA) is 324 Å². The number of aliphatic hydroxyl groups excluding tert-OH is 5. The van der Waals surface area contributed by atoms with Gasteiger partial charge in [-0.25, -0.2) is 18.9 Å². The Labute approximate surface area is 292 Å². The zero-order valence-corrected chi connectivity index (χ0v) is 29.5. The third kappa shape index (κ3) is 10.0. The van der Waals surface area contributed by atoms with Crippen LogP contribution in [0, 0.1) is 0 Å². The Morgan fingerprint density at radius 1 is 1.09 bits per heavy atom. The van der Waals surface area contributed by atoms with Gasteiger partial charge in [-0.05, 0) is 24.8 Å². The van der Waals surface area contributed by atoms with E-state index in [1.165, 1.54) is 0 Å². The first-order chi connectivity index (χ1) is 19.5. The molecular weight excluding hydrogens is 666 g/mol. The molecule has 3 heterocycles. The van der Waals surface area contributed by atoms with Crippen molar-refractivity contribution in [3.63, 3.8) is 0 Å². The molecule has 0 saturated carbocycles. The van der Waals surface area contributed by atoms with Crippen LogP contribution in [0.15, 0.2) is 22.1 Å². The summed E-state index contributed by atoms with van der Waals surface area (Å²) in [4.78, 5) is 38.6. The Morgan fingerprint density at radius 3 is 2.23 bits per heavy atom. The molecule has 2 fully saturated rings. The summed E-state index contributed by atoms with van der Waals surface area (Å²) in [6.07, 6.45) is -11.1. The molecule has 3 rings (SSSR count). The van der Waals surface area contributed by atoms with Crippen LogP contribution in [0.3, 0.4) is 0 Å². The second-order valence-corrected chi connectivity index (χ2v) is 12.1. The van der Waals surface area contributed by atoms with Gasteiger partial charge in [-0.2, -0.15) is 4.31 Å². The average molecular weight is 695 g/mol.